The van der Waals surface area contributed by atoms with Gasteiger partial charge in [0.05, 0.1) is 10.6 Å². The van der Waals surface area contributed by atoms with Gasteiger partial charge in [0.2, 0.25) is 0 Å². The van der Waals surface area contributed by atoms with Crippen molar-refractivity contribution in [3.05, 3.63) is 71.5 Å². The van der Waals surface area contributed by atoms with Crippen LogP contribution in [0.4, 0.5) is 4.39 Å². The van der Waals surface area contributed by atoms with Crippen LogP contribution in [0.2, 0.25) is 0 Å². The third kappa shape index (κ3) is 2.55. The number of aromatic amines is 1. The van der Waals surface area contributed by atoms with Crippen LogP contribution in [-0.2, 0) is 6.42 Å². The zero-order valence-electron chi connectivity index (χ0n) is 13.7. The Hall–Kier alpha value is -2.39. The molecule has 0 saturated carbocycles. The first-order chi connectivity index (χ1) is 11.7. The Bertz CT molecular complexity index is 1010. The molecule has 2 aromatic heterocycles. The van der Waals surface area contributed by atoms with E-state index >= 15 is 0 Å². The first-order valence-corrected chi connectivity index (χ1v) is 8.94. The summed E-state index contributed by atoms with van der Waals surface area (Å²) < 4.78 is 15.2. The van der Waals surface area contributed by atoms with Crippen LogP contribution in [-0.4, -0.2) is 4.98 Å². The summed E-state index contributed by atoms with van der Waals surface area (Å²) in [6, 6.07) is 18.0. The lowest BCUT2D eigenvalue weighted by Gasteiger charge is -1.99. The van der Waals surface area contributed by atoms with Gasteiger partial charge in [-0.25, -0.2) is 4.39 Å². The third-order valence-corrected chi connectivity index (χ3v) is 5.65. The van der Waals surface area contributed by atoms with E-state index in [-0.39, 0.29) is 5.82 Å². The third-order valence-electron chi connectivity index (χ3n) is 4.41. The Morgan fingerprint density at radius 1 is 0.958 bits per heavy atom. The van der Waals surface area contributed by atoms with E-state index in [0.29, 0.717) is 0 Å². The van der Waals surface area contributed by atoms with Crippen LogP contribution in [0.15, 0.2) is 54.6 Å². The molecule has 120 valence electrons. The molecule has 4 aromatic rings. The molecule has 0 saturated heterocycles. The van der Waals surface area contributed by atoms with Crippen LogP contribution in [0.3, 0.4) is 0 Å². The first kappa shape index (κ1) is 15.2. The maximum Gasteiger partial charge on any atom is 0.131 e. The van der Waals surface area contributed by atoms with Gasteiger partial charge in [0.25, 0.3) is 0 Å². The Labute approximate surface area is 144 Å². The molecule has 0 radical (unpaired) electrons. The topological polar surface area (TPSA) is 15.8 Å². The number of hydrogen-bond donors (Lipinski definition) is 1. The van der Waals surface area contributed by atoms with Crippen LogP contribution in [0, 0.1) is 12.7 Å². The molecule has 24 heavy (non-hydrogen) atoms. The summed E-state index contributed by atoms with van der Waals surface area (Å²) in [5.41, 5.74) is 5.73. The molecular formula is C21H18FNS. The second-order valence-corrected chi connectivity index (χ2v) is 7.12. The number of aromatic nitrogens is 1. The van der Waals surface area contributed by atoms with E-state index in [1.165, 1.54) is 11.1 Å². The van der Waals surface area contributed by atoms with Gasteiger partial charge in [0, 0.05) is 15.8 Å². The predicted octanol–water partition coefficient (Wildman–Crippen LogP) is 6.57. The highest BCUT2D eigenvalue weighted by Crippen LogP contribution is 2.37. The van der Waals surface area contributed by atoms with Crippen LogP contribution in [0.25, 0.3) is 31.9 Å². The molecule has 0 bridgehead atoms. The number of rotatable bonds is 3. The minimum absolute atomic E-state index is 0.144. The van der Waals surface area contributed by atoms with E-state index in [0.717, 1.165) is 38.3 Å². The van der Waals surface area contributed by atoms with E-state index in [9.17, 15) is 4.39 Å². The molecule has 0 amide bonds. The lowest BCUT2D eigenvalue weighted by atomic mass is 10.1. The highest BCUT2D eigenvalue weighted by Gasteiger charge is 2.12. The number of halogens is 1. The molecule has 0 aliphatic heterocycles. The number of hydrogen-bond acceptors (Lipinski definition) is 1. The summed E-state index contributed by atoms with van der Waals surface area (Å²) in [4.78, 5) is 4.54. The Balaban J connectivity index is 1.78. The molecule has 0 atom stereocenters. The van der Waals surface area contributed by atoms with Gasteiger partial charge in [-0.2, -0.15) is 0 Å². The summed E-state index contributed by atoms with van der Waals surface area (Å²) in [5.74, 6) is -0.144. The van der Waals surface area contributed by atoms with Crippen LogP contribution >= 0.6 is 11.3 Å². The predicted molar refractivity (Wildman–Crippen MR) is 101 cm³/mol. The van der Waals surface area contributed by atoms with Gasteiger partial charge in [-0.05, 0) is 48.7 Å². The van der Waals surface area contributed by atoms with Gasteiger partial charge < -0.3 is 4.98 Å². The second kappa shape index (κ2) is 5.91. The van der Waals surface area contributed by atoms with E-state index in [4.69, 9.17) is 0 Å². The number of fused-ring (bicyclic) bond motifs is 1. The zero-order valence-corrected chi connectivity index (χ0v) is 14.5. The van der Waals surface area contributed by atoms with Crippen molar-refractivity contribution in [3.63, 3.8) is 0 Å². The highest BCUT2D eigenvalue weighted by molar-refractivity contribution is 7.22. The van der Waals surface area contributed by atoms with E-state index in [1.54, 1.807) is 17.4 Å². The molecule has 0 aliphatic rings. The van der Waals surface area contributed by atoms with Crippen LogP contribution < -0.4 is 0 Å². The molecule has 2 heterocycles. The molecule has 0 fully saturated rings. The van der Waals surface area contributed by atoms with Crippen molar-refractivity contribution in [1.29, 1.82) is 0 Å². The maximum absolute atomic E-state index is 14.1. The average molecular weight is 335 g/mol. The fraction of sp³-hybridized carbons (Fsp3) is 0.143. The average Bonchev–Trinajstić information content (AvgIpc) is 3.23. The molecule has 0 unspecified atom stereocenters. The maximum atomic E-state index is 14.1. The number of aryl methyl sites for hydroxylation is 2. The van der Waals surface area contributed by atoms with E-state index in [1.807, 2.05) is 12.1 Å². The molecule has 0 aliphatic carbocycles. The molecule has 1 N–H and O–H groups in total. The minimum atomic E-state index is -0.144. The van der Waals surface area contributed by atoms with Gasteiger partial charge in [-0.15, -0.1) is 11.3 Å². The SMILES string of the molecule is CCc1ccc(F)c2cc(-c3ccc(-c4ccc(C)cc4)[nH]3)sc12. The fourth-order valence-corrected chi connectivity index (χ4v) is 4.23. The monoisotopic (exact) mass is 335 g/mol. The summed E-state index contributed by atoms with van der Waals surface area (Å²) in [5, 5.41) is 0.723. The number of thiophene rings is 1. The van der Waals surface area contributed by atoms with Gasteiger partial charge in [0.1, 0.15) is 5.82 Å². The molecule has 0 spiro atoms. The molecule has 2 aromatic carbocycles. The van der Waals surface area contributed by atoms with Crippen molar-refractivity contribution in [2.45, 2.75) is 20.3 Å². The van der Waals surface area contributed by atoms with E-state index in [2.05, 4.69) is 55.2 Å². The number of H-pyrrole nitrogens is 1. The van der Waals surface area contributed by atoms with Crippen LogP contribution in [0.1, 0.15) is 18.1 Å². The van der Waals surface area contributed by atoms with Crippen molar-refractivity contribution >= 4 is 21.4 Å². The lowest BCUT2D eigenvalue weighted by molar-refractivity contribution is 0.640. The van der Waals surface area contributed by atoms with Gasteiger partial charge in [-0.3, -0.25) is 0 Å². The Morgan fingerprint density at radius 3 is 2.46 bits per heavy atom. The molecule has 1 nitrogen and oxygen atoms in total. The summed E-state index contributed by atoms with van der Waals surface area (Å²) in [6.45, 7) is 4.19. The standard InChI is InChI=1S/C21H18FNS/c1-3-14-8-9-17(22)16-12-20(24-21(14)16)19-11-10-18(23-19)15-6-4-13(2)5-7-15/h4-12,23H,3H2,1-2H3. The Kier molecular flexibility index (Phi) is 3.73. The number of nitrogens with one attached hydrogen (secondary N) is 1. The fourth-order valence-electron chi connectivity index (χ4n) is 3.00. The smallest absolute Gasteiger partial charge is 0.131 e. The van der Waals surface area contributed by atoms with Crippen molar-refractivity contribution < 1.29 is 4.39 Å². The zero-order chi connectivity index (χ0) is 16.7. The van der Waals surface area contributed by atoms with Crippen molar-refractivity contribution in [1.82, 2.24) is 4.98 Å². The molecule has 4 rings (SSSR count). The minimum Gasteiger partial charge on any atom is -0.354 e. The van der Waals surface area contributed by atoms with Crippen molar-refractivity contribution in [3.8, 4) is 21.8 Å². The van der Waals surface area contributed by atoms with E-state index < -0.39 is 0 Å². The second-order valence-electron chi connectivity index (χ2n) is 6.07. The summed E-state index contributed by atoms with van der Waals surface area (Å²) >= 11 is 1.66. The van der Waals surface area contributed by atoms with Gasteiger partial charge in [0.15, 0.2) is 0 Å². The molecular weight excluding hydrogens is 317 g/mol. The molecule has 3 heteroatoms. The Morgan fingerprint density at radius 2 is 1.71 bits per heavy atom. The van der Waals surface area contributed by atoms with Gasteiger partial charge >= 0.3 is 0 Å². The largest absolute Gasteiger partial charge is 0.354 e. The highest BCUT2D eigenvalue weighted by atomic mass is 32.1. The quantitative estimate of drug-likeness (QED) is 0.435. The van der Waals surface area contributed by atoms with Crippen LogP contribution in [0.5, 0.6) is 0 Å². The van der Waals surface area contributed by atoms with Crippen molar-refractivity contribution in [2.24, 2.45) is 0 Å². The number of benzene rings is 2. The summed E-state index contributed by atoms with van der Waals surface area (Å²) in [6.07, 6.45) is 0.913. The van der Waals surface area contributed by atoms with Gasteiger partial charge in [-0.1, -0.05) is 42.8 Å². The first-order valence-electron chi connectivity index (χ1n) is 8.13. The normalized spacial score (nSPS) is 11.3. The van der Waals surface area contributed by atoms with Crippen molar-refractivity contribution in [2.75, 3.05) is 0 Å². The summed E-state index contributed by atoms with van der Waals surface area (Å²) in [7, 11) is 0. The lowest BCUT2D eigenvalue weighted by Crippen LogP contribution is -1.82.